The van der Waals surface area contributed by atoms with E-state index in [2.05, 4.69) is 9.82 Å². The molecule has 6 nitrogen and oxygen atoms in total. The molecule has 0 aliphatic rings. The average Bonchev–Trinajstić information content (AvgIpc) is 3.06. The van der Waals surface area contributed by atoms with Crippen molar-refractivity contribution in [2.75, 3.05) is 78.5 Å². The van der Waals surface area contributed by atoms with E-state index in [1.807, 2.05) is 112 Å². The van der Waals surface area contributed by atoms with Crippen molar-refractivity contribution in [2.45, 2.75) is 83.1 Å². The van der Waals surface area contributed by atoms with E-state index >= 15 is 0 Å². The molecule has 0 rings (SSSR count). The fourth-order valence-electron chi connectivity index (χ4n) is 2.89. The van der Waals surface area contributed by atoms with Gasteiger partial charge in [-0.1, -0.05) is 25.9 Å². The van der Waals surface area contributed by atoms with Gasteiger partial charge in [-0.25, -0.2) is 0 Å². The summed E-state index contributed by atoms with van der Waals surface area (Å²) in [6, 6.07) is 0. The van der Waals surface area contributed by atoms with E-state index in [0.29, 0.717) is 25.9 Å². The second kappa shape index (κ2) is 54.4. The van der Waals surface area contributed by atoms with E-state index in [4.69, 9.17) is 149 Å². The molecule has 0 fully saturated rings. The molecule has 0 spiro atoms. The summed E-state index contributed by atoms with van der Waals surface area (Å²) in [5.74, 6) is 0. The zero-order chi connectivity index (χ0) is 41.4. The zero-order valence-corrected chi connectivity index (χ0v) is 46.9. The Labute approximate surface area is 409 Å². The summed E-state index contributed by atoms with van der Waals surface area (Å²) >= 11 is 58.6. The Morgan fingerprint density at radius 1 is 0.294 bits per heavy atom. The summed E-state index contributed by atoms with van der Waals surface area (Å²) in [6.07, 6.45) is 0. The first kappa shape index (κ1) is 71.0. The van der Waals surface area contributed by atoms with E-state index in [0.717, 1.165) is 78.5 Å². The summed E-state index contributed by atoms with van der Waals surface area (Å²) in [6.45, 7) is 35.7. The number of hydrogen-bond donors (Lipinski definition) is 0. The third-order valence-corrected chi connectivity index (χ3v) is 9.23. The van der Waals surface area contributed by atoms with E-state index < -0.39 is 0 Å². The van der Waals surface area contributed by atoms with Crippen LogP contribution >= 0.6 is 83.1 Å². The van der Waals surface area contributed by atoms with Crippen molar-refractivity contribution in [3.05, 3.63) is 0 Å². The van der Waals surface area contributed by atoms with Gasteiger partial charge in [-0.3, -0.25) is 0 Å². The van der Waals surface area contributed by atoms with Crippen LogP contribution in [0.2, 0.25) is 0 Å². The van der Waals surface area contributed by atoms with Gasteiger partial charge in [0.25, 0.3) is 0 Å². The Morgan fingerprint density at radius 3 is 0.353 bits per heavy atom. The SMILES string of the molecule is CCN(CC)C(=S)[S-].CCN(CC)C(=S)[S-].CCN(CC)C(=S)[S-].CCN(CC)C(=S)[S-].CCN(CC)C(=S)[S-].CCN(CC)C(=S)[S-].[Mo+4].[S]=[Mo+2]. The Morgan fingerprint density at radius 2 is 0.353 bits per heavy atom. The molecule has 0 heterocycles. The van der Waals surface area contributed by atoms with Gasteiger partial charge in [0.15, 0.2) is 0 Å². The molecular formula is C30H60Mo2N6S13. The first-order valence-corrected chi connectivity index (χ1v) is 23.9. The van der Waals surface area contributed by atoms with E-state index in [9.17, 15) is 0 Å². The molecule has 0 unspecified atom stereocenters. The Kier molecular flexibility index (Phi) is 75.7. The summed E-state index contributed by atoms with van der Waals surface area (Å²) in [5.41, 5.74) is 0. The maximum absolute atomic E-state index is 4.76. The van der Waals surface area contributed by atoms with Crippen molar-refractivity contribution < 1.29 is 39.1 Å². The molecule has 0 N–H and O–H groups in total. The minimum atomic E-state index is 0. The second-order valence-corrected chi connectivity index (χ2v) is 14.8. The third kappa shape index (κ3) is 52.3. The van der Waals surface area contributed by atoms with Crippen LogP contribution in [0.5, 0.6) is 0 Å². The molecule has 300 valence electrons. The van der Waals surface area contributed by atoms with Crippen LogP contribution in [0.3, 0.4) is 0 Å². The first-order valence-electron chi connectivity index (χ1n) is 16.2. The van der Waals surface area contributed by atoms with Crippen LogP contribution in [-0.4, -0.2) is 134 Å². The standard InChI is InChI=1S/6C5H11NS2.2Mo.S/c6*1-3-6(4-2)5(7)8;;;/h6*3-4H2,1-2H3,(H,7,8);;;/q;;;;;;+2;+4;/p-6. The second-order valence-electron chi connectivity index (χ2n) is 8.63. The van der Waals surface area contributed by atoms with E-state index in [-0.39, 0.29) is 21.1 Å². The van der Waals surface area contributed by atoms with Crippen molar-refractivity contribution in [3.63, 3.8) is 0 Å². The van der Waals surface area contributed by atoms with Gasteiger partial charge in [-0.05, 0) is 83.1 Å². The molecule has 0 aromatic heterocycles. The summed E-state index contributed by atoms with van der Waals surface area (Å²) < 4.78 is 3.47. The van der Waals surface area contributed by atoms with Gasteiger partial charge in [0, 0.05) is 78.5 Å². The predicted molar refractivity (Wildman–Crippen MR) is 265 cm³/mol. The van der Waals surface area contributed by atoms with Gasteiger partial charge in [-0.15, -0.1) is 0 Å². The number of thiocarbonyl (C=S) groups is 6. The van der Waals surface area contributed by atoms with Crippen molar-refractivity contribution in [2.24, 2.45) is 0 Å². The number of rotatable bonds is 12. The monoisotopic (exact) mass is 1120 g/mol. The van der Waals surface area contributed by atoms with Crippen LogP contribution in [-0.2, 0) is 115 Å². The molecule has 0 atom stereocenters. The van der Waals surface area contributed by atoms with Crippen molar-refractivity contribution in [1.29, 1.82) is 0 Å². The van der Waals surface area contributed by atoms with Gasteiger partial charge < -0.3 is 178 Å². The molecule has 0 saturated heterocycles. The Bertz CT molecular complexity index is 671. The molecule has 0 amide bonds. The van der Waals surface area contributed by atoms with Crippen LogP contribution < -0.4 is 0 Å². The van der Waals surface area contributed by atoms with Crippen molar-refractivity contribution in [1.82, 2.24) is 29.4 Å². The molecule has 51 heavy (non-hydrogen) atoms. The molecule has 0 aromatic carbocycles. The van der Waals surface area contributed by atoms with Crippen LogP contribution in [0.25, 0.3) is 0 Å². The fourth-order valence-corrected chi connectivity index (χ4v) is 5.99. The quantitative estimate of drug-likeness (QED) is 0.109. The molecule has 21 heteroatoms. The third-order valence-electron chi connectivity index (χ3n) is 6.13. The molecular weight excluding hydrogens is 1050 g/mol. The number of hydrogen-bond acceptors (Lipinski definition) is 13. The van der Waals surface area contributed by atoms with E-state index in [1.54, 1.807) is 0 Å². The number of nitrogens with zero attached hydrogens (tertiary/aromatic N) is 6. The topological polar surface area (TPSA) is 19.4 Å². The van der Waals surface area contributed by atoms with Crippen LogP contribution in [0.4, 0.5) is 0 Å². The van der Waals surface area contributed by atoms with Gasteiger partial charge in [0.2, 0.25) is 0 Å². The maximum atomic E-state index is 4.76. The van der Waals surface area contributed by atoms with Crippen LogP contribution in [0.1, 0.15) is 83.1 Å². The zero-order valence-electron chi connectivity index (χ0n) is 32.3. The minimum absolute atomic E-state index is 0. The summed E-state index contributed by atoms with van der Waals surface area (Å²) in [7, 11) is 4.09. The van der Waals surface area contributed by atoms with Crippen molar-refractivity contribution in [3.8, 4) is 0 Å². The van der Waals surface area contributed by atoms with Gasteiger partial charge in [0.1, 0.15) is 0 Å². The molecule has 0 aliphatic heterocycles. The fraction of sp³-hybridized carbons (Fsp3) is 0.800. The molecule has 0 bridgehead atoms. The molecule has 0 radical (unpaired) electrons. The summed E-state index contributed by atoms with van der Waals surface area (Å²) in [5, 5.41) is 0. The van der Waals surface area contributed by atoms with E-state index in [1.165, 1.54) is 18.0 Å². The van der Waals surface area contributed by atoms with Gasteiger partial charge >= 0.3 is 48.9 Å². The molecule has 0 aliphatic carbocycles. The van der Waals surface area contributed by atoms with Gasteiger partial charge in [0.05, 0.1) is 0 Å². The predicted octanol–water partition coefficient (Wildman–Crippen LogP) is 7.60. The Hall–Kier alpha value is 2.26. The summed E-state index contributed by atoms with van der Waals surface area (Å²) in [4.78, 5) is 11.8. The molecule has 0 saturated carbocycles. The van der Waals surface area contributed by atoms with Gasteiger partial charge in [-0.2, -0.15) is 0 Å². The molecule has 0 aromatic rings. The van der Waals surface area contributed by atoms with Crippen molar-refractivity contribution >= 4 is 185 Å². The average molecular weight is 1110 g/mol. The van der Waals surface area contributed by atoms with Crippen LogP contribution in [0.15, 0.2) is 0 Å². The first-order chi connectivity index (χ1) is 23.3. The Balaban J connectivity index is -0.0000000715. The van der Waals surface area contributed by atoms with Crippen LogP contribution in [0, 0.1) is 0 Å². The normalized spacial score (nSPS) is 8.29.